The third kappa shape index (κ3) is 4.89. The SMILES string of the molecule is COc1ccc(CN(Cc2cnc(Cl)cc2Cl)Cc2[nH]cnc2C2CC2)c(OC)c1. The average molecular weight is 447 g/mol. The van der Waals surface area contributed by atoms with E-state index in [0.29, 0.717) is 35.7 Å². The molecule has 0 atom stereocenters. The Morgan fingerprint density at radius 1 is 1.03 bits per heavy atom. The highest BCUT2D eigenvalue weighted by molar-refractivity contribution is 6.34. The van der Waals surface area contributed by atoms with Crippen LogP contribution in [-0.4, -0.2) is 34.1 Å². The number of ether oxygens (including phenoxy) is 2. The van der Waals surface area contributed by atoms with E-state index < -0.39 is 0 Å². The minimum atomic E-state index is 0.386. The predicted octanol–water partition coefficient (Wildman–Crippen LogP) is 5.21. The number of methoxy groups -OCH3 is 2. The van der Waals surface area contributed by atoms with Crippen LogP contribution in [0.25, 0.3) is 0 Å². The fourth-order valence-corrected chi connectivity index (χ4v) is 4.00. The lowest BCUT2D eigenvalue weighted by Gasteiger charge is -2.24. The van der Waals surface area contributed by atoms with Crippen LogP contribution < -0.4 is 9.47 Å². The zero-order valence-electron chi connectivity index (χ0n) is 17.0. The molecule has 6 nitrogen and oxygen atoms in total. The van der Waals surface area contributed by atoms with Crippen LogP contribution in [0.1, 0.15) is 41.3 Å². The van der Waals surface area contributed by atoms with E-state index in [1.165, 1.54) is 18.5 Å². The molecule has 2 heterocycles. The van der Waals surface area contributed by atoms with Crippen LogP contribution in [0.5, 0.6) is 11.5 Å². The Hall–Kier alpha value is -2.28. The van der Waals surface area contributed by atoms with Gasteiger partial charge in [-0.3, -0.25) is 4.90 Å². The summed E-state index contributed by atoms with van der Waals surface area (Å²) in [5, 5.41) is 0.991. The highest BCUT2D eigenvalue weighted by Crippen LogP contribution is 2.40. The Morgan fingerprint density at radius 2 is 1.83 bits per heavy atom. The van der Waals surface area contributed by atoms with Crippen molar-refractivity contribution in [2.45, 2.75) is 38.4 Å². The fourth-order valence-electron chi connectivity index (χ4n) is 3.57. The van der Waals surface area contributed by atoms with Crippen LogP contribution in [0, 0.1) is 0 Å². The fraction of sp³-hybridized carbons (Fsp3) is 0.364. The number of rotatable bonds is 9. The van der Waals surface area contributed by atoms with E-state index in [9.17, 15) is 0 Å². The number of nitrogens with zero attached hydrogens (tertiary/aromatic N) is 3. The normalized spacial score (nSPS) is 13.6. The van der Waals surface area contributed by atoms with Crippen LogP contribution in [0.2, 0.25) is 10.2 Å². The summed E-state index contributed by atoms with van der Waals surface area (Å²) in [7, 11) is 3.32. The zero-order valence-corrected chi connectivity index (χ0v) is 18.5. The van der Waals surface area contributed by atoms with Gasteiger partial charge in [0.2, 0.25) is 0 Å². The number of hydrogen-bond acceptors (Lipinski definition) is 5. The summed E-state index contributed by atoms with van der Waals surface area (Å²) < 4.78 is 10.9. The first-order chi connectivity index (χ1) is 14.6. The van der Waals surface area contributed by atoms with E-state index in [0.717, 1.165) is 28.3 Å². The average Bonchev–Trinajstić information content (AvgIpc) is 3.49. The first kappa shape index (κ1) is 21.0. The molecule has 0 unspecified atom stereocenters. The summed E-state index contributed by atoms with van der Waals surface area (Å²) >= 11 is 12.4. The third-order valence-corrected chi connectivity index (χ3v) is 5.83. The van der Waals surface area contributed by atoms with Crippen molar-refractivity contribution in [3.63, 3.8) is 0 Å². The molecular weight excluding hydrogens is 423 g/mol. The molecule has 0 bridgehead atoms. The van der Waals surface area contributed by atoms with Crippen molar-refractivity contribution in [3.05, 3.63) is 69.5 Å². The van der Waals surface area contributed by atoms with Gasteiger partial charge in [-0.1, -0.05) is 29.3 Å². The van der Waals surface area contributed by atoms with Crippen LogP contribution in [0.4, 0.5) is 0 Å². The lowest BCUT2D eigenvalue weighted by Crippen LogP contribution is -2.24. The Bertz CT molecular complexity index is 1020. The Labute approximate surface area is 186 Å². The van der Waals surface area contributed by atoms with E-state index >= 15 is 0 Å². The van der Waals surface area contributed by atoms with Gasteiger partial charge >= 0.3 is 0 Å². The summed E-state index contributed by atoms with van der Waals surface area (Å²) in [6.07, 6.45) is 5.93. The summed E-state index contributed by atoms with van der Waals surface area (Å²) in [6, 6.07) is 7.55. The summed E-state index contributed by atoms with van der Waals surface area (Å²) in [5.41, 5.74) is 4.29. The minimum absolute atomic E-state index is 0.386. The minimum Gasteiger partial charge on any atom is -0.497 e. The highest BCUT2D eigenvalue weighted by Gasteiger charge is 2.29. The summed E-state index contributed by atoms with van der Waals surface area (Å²) in [5.74, 6) is 2.12. The molecule has 1 aliphatic carbocycles. The molecule has 158 valence electrons. The number of H-pyrrole nitrogens is 1. The number of aromatic nitrogens is 3. The maximum Gasteiger partial charge on any atom is 0.130 e. The molecule has 2 aromatic heterocycles. The van der Waals surface area contributed by atoms with Gasteiger partial charge < -0.3 is 14.5 Å². The Morgan fingerprint density at radius 3 is 2.53 bits per heavy atom. The largest absolute Gasteiger partial charge is 0.497 e. The lowest BCUT2D eigenvalue weighted by molar-refractivity contribution is 0.240. The molecule has 0 saturated heterocycles. The van der Waals surface area contributed by atoms with Crippen molar-refractivity contribution >= 4 is 23.2 Å². The predicted molar refractivity (Wildman–Crippen MR) is 117 cm³/mol. The lowest BCUT2D eigenvalue weighted by atomic mass is 10.1. The van der Waals surface area contributed by atoms with E-state index in [2.05, 4.69) is 19.9 Å². The van der Waals surface area contributed by atoms with Crippen LogP contribution >= 0.6 is 23.2 Å². The molecule has 30 heavy (non-hydrogen) atoms. The van der Waals surface area contributed by atoms with Gasteiger partial charge in [0.05, 0.1) is 31.9 Å². The molecule has 4 rings (SSSR count). The molecule has 1 N–H and O–H groups in total. The second-order valence-electron chi connectivity index (χ2n) is 7.46. The third-order valence-electron chi connectivity index (χ3n) is 5.28. The van der Waals surface area contributed by atoms with Gasteiger partial charge in [0.25, 0.3) is 0 Å². The number of halogens is 2. The Kier molecular flexibility index (Phi) is 6.46. The van der Waals surface area contributed by atoms with Crippen molar-refractivity contribution in [1.82, 2.24) is 19.9 Å². The number of benzene rings is 1. The van der Waals surface area contributed by atoms with Crippen LogP contribution in [-0.2, 0) is 19.6 Å². The number of imidazole rings is 1. The summed E-state index contributed by atoms with van der Waals surface area (Å²) in [6.45, 7) is 1.98. The molecule has 8 heteroatoms. The number of hydrogen-bond donors (Lipinski definition) is 1. The monoisotopic (exact) mass is 446 g/mol. The second-order valence-corrected chi connectivity index (χ2v) is 8.26. The topological polar surface area (TPSA) is 63.3 Å². The molecule has 1 saturated carbocycles. The van der Waals surface area contributed by atoms with Gasteiger partial charge in [-0.15, -0.1) is 0 Å². The standard InChI is InChI=1S/C22H24Cl2N4O2/c1-29-17-6-5-15(20(7-17)30-2)10-28(11-16-9-25-21(24)8-18(16)23)12-19-22(14-3-4-14)27-13-26-19/h5-9,13-14H,3-4,10-12H2,1-2H3,(H,26,27). The quantitative estimate of drug-likeness (QED) is 0.457. The number of aromatic amines is 1. The number of nitrogens with one attached hydrogen (secondary N) is 1. The van der Waals surface area contributed by atoms with Gasteiger partial charge in [0.1, 0.15) is 16.7 Å². The first-order valence-corrected chi connectivity index (χ1v) is 10.6. The van der Waals surface area contributed by atoms with Crippen molar-refractivity contribution < 1.29 is 9.47 Å². The maximum absolute atomic E-state index is 6.44. The molecule has 1 fully saturated rings. The smallest absolute Gasteiger partial charge is 0.130 e. The van der Waals surface area contributed by atoms with E-state index in [1.807, 2.05) is 18.2 Å². The van der Waals surface area contributed by atoms with E-state index in [-0.39, 0.29) is 0 Å². The maximum atomic E-state index is 6.44. The van der Waals surface area contributed by atoms with Crippen molar-refractivity contribution in [2.24, 2.45) is 0 Å². The van der Waals surface area contributed by atoms with Gasteiger partial charge in [-0.25, -0.2) is 9.97 Å². The van der Waals surface area contributed by atoms with Crippen LogP contribution in [0.3, 0.4) is 0 Å². The van der Waals surface area contributed by atoms with E-state index in [1.54, 1.807) is 32.8 Å². The van der Waals surface area contributed by atoms with Gasteiger partial charge in [-0.05, 0) is 25.0 Å². The van der Waals surface area contributed by atoms with Crippen LogP contribution in [0.15, 0.2) is 36.8 Å². The van der Waals surface area contributed by atoms with Gasteiger partial charge in [-0.2, -0.15) is 0 Å². The summed E-state index contributed by atoms with van der Waals surface area (Å²) in [4.78, 5) is 14.4. The zero-order chi connectivity index (χ0) is 21.1. The van der Waals surface area contributed by atoms with Gasteiger partial charge in [0, 0.05) is 54.0 Å². The number of pyridine rings is 1. The molecule has 0 radical (unpaired) electrons. The highest BCUT2D eigenvalue weighted by atomic mass is 35.5. The second kappa shape index (κ2) is 9.25. The van der Waals surface area contributed by atoms with E-state index in [4.69, 9.17) is 32.7 Å². The van der Waals surface area contributed by atoms with Gasteiger partial charge in [0.15, 0.2) is 0 Å². The van der Waals surface area contributed by atoms with Crippen molar-refractivity contribution in [1.29, 1.82) is 0 Å². The molecule has 1 aliphatic rings. The molecule has 0 spiro atoms. The molecular formula is C22H24Cl2N4O2. The van der Waals surface area contributed by atoms with Crippen molar-refractivity contribution in [3.8, 4) is 11.5 Å². The first-order valence-electron chi connectivity index (χ1n) is 9.82. The molecule has 0 aliphatic heterocycles. The molecule has 3 aromatic rings. The molecule has 0 amide bonds. The Balaban J connectivity index is 1.61. The molecule has 1 aromatic carbocycles. The van der Waals surface area contributed by atoms with Crippen molar-refractivity contribution in [2.75, 3.05) is 14.2 Å².